The number of carboxylic acids is 1. The van der Waals surface area contributed by atoms with Gasteiger partial charge in [0.1, 0.15) is 12.6 Å². The Kier molecular flexibility index (Phi) is 5.33. The molecule has 8 heteroatoms. The largest absolute Gasteiger partial charge is 0.504 e. The highest BCUT2D eigenvalue weighted by atomic mass is 16.6. The number of ether oxygens (including phenoxy) is 1. The third-order valence-electron chi connectivity index (χ3n) is 3.37. The maximum Gasteiger partial charge on any atom is 0.320 e. The molecule has 2 aromatic rings. The minimum atomic E-state index is -1.13. The van der Waals surface area contributed by atoms with Gasteiger partial charge in [-0.2, -0.15) is 0 Å². The Morgan fingerprint density at radius 3 is 2.62 bits per heavy atom. The standard InChI is InChI=1S/C16H16N2O6/c17-12(16(20)21)7-10-5-6-15(14(19)8-10)24-9-11-3-1-2-4-13(11)18(22)23/h1-6,8,12,19H,7,9,17H2,(H,20,21)/t12-/m0/s1. The average molecular weight is 332 g/mol. The summed E-state index contributed by atoms with van der Waals surface area (Å²) in [7, 11) is 0. The summed E-state index contributed by atoms with van der Waals surface area (Å²) in [5, 5.41) is 29.7. The number of nitrogens with zero attached hydrogens (tertiary/aromatic N) is 1. The van der Waals surface area contributed by atoms with Crippen LogP contribution in [0.25, 0.3) is 0 Å². The van der Waals surface area contributed by atoms with E-state index in [4.69, 9.17) is 15.6 Å². The van der Waals surface area contributed by atoms with Crippen molar-refractivity contribution in [2.24, 2.45) is 5.73 Å². The van der Waals surface area contributed by atoms with Crippen LogP contribution in [0.5, 0.6) is 11.5 Å². The maximum atomic E-state index is 10.9. The van der Waals surface area contributed by atoms with Gasteiger partial charge in [-0.15, -0.1) is 0 Å². The third kappa shape index (κ3) is 4.20. The van der Waals surface area contributed by atoms with Crippen LogP contribution in [0, 0.1) is 10.1 Å². The zero-order chi connectivity index (χ0) is 17.7. The van der Waals surface area contributed by atoms with Gasteiger partial charge in [-0.05, 0) is 30.2 Å². The number of hydrogen-bond acceptors (Lipinski definition) is 6. The van der Waals surface area contributed by atoms with Crippen molar-refractivity contribution < 1.29 is 24.7 Å². The van der Waals surface area contributed by atoms with Gasteiger partial charge in [-0.1, -0.05) is 18.2 Å². The molecule has 0 spiro atoms. The Balaban J connectivity index is 2.09. The topological polar surface area (TPSA) is 136 Å². The van der Waals surface area contributed by atoms with Gasteiger partial charge < -0.3 is 20.7 Å². The Labute approximate surface area is 137 Å². The fourth-order valence-corrected chi connectivity index (χ4v) is 2.12. The normalized spacial score (nSPS) is 11.7. The van der Waals surface area contributed by atoms with Gasteiger partial charge in [0.25, 0.3) is 5.69 Å². The lowest BCUT2D eigenvalue weighted by molar-refractivity contribution is -0.385. The highest BCUT2D eigenvalue weighted by Gasteiger charge is 2.15. The first-order chi connectivity index (χ1) is 11.4. The Morgan fingerprint density at radius 2 is 2.00 bits per heavy atom. The van der Waals surface area contributed by atoms with Gasteiger partial charge >= 0.3 is 5.97 Å². The van der Waals surface area contributed by atoms with Crippen molar-refractivity contribution in [1.29, 1.82) is 0 Å². The van der Waals surface area contributed by atoms with Crippen LogP contribution in [0.15, 0.2) is 42.5 Å². The molecule has 0 fully saturated rings. The summed E-state index contributed by atoms with van der Waals surface area (Å²) in [6.07, 6.45) is 0.0628. The molecule has 0 unspecified atom stereocenters. The van der Waals surface area contributed by atoms with E-state index in [0.717, 1.165) is 0 Å². The van der Waals surface area contributed by atoms with E-state index >= 15 is 0 Å². The predicted octanol–water partition coefficient (Wildman–Crippen LogP) is 1.83. The van der Waals surface area contributed by atoms with Gasteiger partial charge in [-0.3, -0.25) is 14.9 Å². The predicted molar refractivity (Wildman–Crippen MR) is 84.9 cm³/mol. The highest BCUT2D eigenvalue weighted by molar-refractivity contribution is 5.73. The molecule has 0 aliphatic heterocycles. The summed E-state index contributed by atoms with van der Waals surface area (Å²) in [5.74, 6) is -1.18. The van der Waals surface area contributed by atoms with Crippen molar-refractivity contribution >= 4 is 11.7 Å². The molecule has 4 N–H and O–H groups in total. The van der Waals surface area contributed by atoms with Crippen LogP contribution in [-0.2, 0) is 17.8 Å². The van der Waals surface area contributed by atoms with Crippen molar-refractivity contribution in [3.8, 4) is 11.5 Å². The lowest BCUT2D eigenvalue weighted by Gasteiger charge is -2.11. The van der Waals surface area contributed by atoms with Crippen molar-refractivity contribution in [3.63, 3.8) is 0 Å². The summed E-state index contributed by atoms with van der Waals surface area (Å²) >= 11 is 0. The number of phenolic OH excluding ortho intramolecular Hbond substituents is 1. The number of phenols is 1. The summed E-state index contributed by atoms with van der Waals surface area (Å²) in [4.78, 5) is 21.2. The molecular weight excluding hydrogens is 316 g/mol. The molecule has 0 aliphatic carbocycles. The first-order valence-electron chi connectivity index (χ1n) is 7.04. The molecule has 0 heterocycles. The molecule has 0 saturated carbocycles. The average Bonchev–Trinajstić information content (AvgIpc) is 2.54. The van der Waals surface area contributed by atoms with E-state index in [1.54, 1.807) is 24.3 Å². The quantitative estimate of drug-likeness (QED) is 0.519. The first kappa shape index (κ1) is 17.2. The summed E-state index contributed by atoms with van der Waals surface area (Å²) in [6, 6.07) is 9.48. The minimum Gasteiger partial charge on any atom is -0.504 e. The second-order valence-electron chi connectivity index (χ2n) is 5.13. The lowest BCUT2D eigenvalue weighted by Crippen LogP contribution is -2.32. The van der Waals surface area contributed by atoms with Gasteiger partial charge in [0.2, 0.25) is 0 Å². The van der Waals surface area contributed by atoms with Gasteiger partial charge in [0.15, 0.2) is 11.5 Å². The number of aromatic hydroxyl groups is 1. The van der Waals surface area contributed by atoms with Crippen molar-refractivity contribution in [1.82, 2.24) is 0 Å². The van der Waals surface area contributed by atoms with Gasteiger partial charge in [0, 0.05) is 6.07 Å². The molecule has 0 saturated heterocycles. The SMILES string of the molecule is N[C@@H](Cc1ccc(OCc2ccccc2[N+](=O)[O-])c(O)c1)C(=O)O. The van der Waals surface area contributed by atoms with Gasteiger partial charge in [-0.25, -0.2) is 0 Å². The van der Waals surface area contributed by atoms with E-state index < -0.39 is 16.9 Å². The number of nitrogens with two attached hydrogens (primary N) is 1. The van der Waals surface area contributed by atoms with Crippen molar-refractivity contribution in [2.45, 2.75) is 19.1 Å². The van der Waals surface area contributed by atoms with Crippen LogP contribution in [0.4, 0.5) is 5.69 Å². The van der Waals surface area contributed by atoms with Crippen LogP contribution >= 0.6 is 0 Å². The van der Waals surface area contributed by atoms with E-state index in [0.29, 0.717) is 11.1 Å². The Morgan fingerprint density at radius 1 is 1.29 bits per heavy atom. The van der Waals surface area contributed by atoms with E-state index in [1.165, 1.54) is 18.2 Å². The lowest BCUT2D eigenvalue weighted by atomic mass is 10.1. The molecule has 0 radical (unpaired) electrons. The zero-order valence-electron chi connectivity index (χ0n) is 12.6. The maximum absolute atomic E-state index is 10.9. The van der Waals surface area contributed by atoms with Crippen LogP contribution in [0.2, 0.25) is 0 Å². The van der Waals surface area contributed by atoms with Crippen LogP contribution < -0.4 is 10.5 Å². The minimum absolute atomic E-state index is 0.0628. The van der Waals surface area contributed by atoms with Gasteiger partial charge in [0.05, 0.1) is 10.5 Å². The molecule has 2 aromatic carbocycles. The Bertz CT molecular complexity index is 762. The number of carbonyl (C=O) groups is 1. The number of hydrogen-bond donors (Lipinski definition) is 3. The van der Waals surface area contributed by atoms with E-state index in [2.05, 4.69) is 0 Å². The molecule has 0 amide bonds. The van der Waals surface area contributed by atoms with Crippen LogP contribution in [-0.4, -0.2) is 27.1 Å². The fraction of sp³-hybridized carbons (Fsp3) is 0.188. The monoisotopic (exact) mass is 332 g/mol. The van der Waals surface area contributed by atoms with Crippen molar-refractivity contribution in [3.05, 3.63) is 63.7 Å². The Hall–Kier alpha value is -3.13. The molecule has 8 nitrogen and oxygen atoms in total. The molecule has 0 aromatic heterocycles. The molecule has 24 heavy (non-hydrogen) atoms. The second-order valence-corrected chi connectivity index (χ2v) is 5.13. The molecule has 126 valence electrons. The molecule has 1 atom stereocenters. The molecule has 0 aliphatic rings. The summed E-state index contributed by atoms with van der Waals surface area (Å²) < 4.78 is 5.42. The third-order valence-corrected chi connectivity index (χ3v) is 3.37. The van der Waals surface area contributed by atoms with E-state index in [1.807, 2.05) is 0 Å². The summed E-state index contributed by atoms with van der Waals surface area (Å²) in [6.45, 7) is -0.0846. The highest BCUT2D eigenvalue weighted by Crippen LogP contribution is 2.29. The molecule has 2 rings (SSSR count). The number of benzene rings is 2. The number of carboxylic acid groups (broad SMARTS) is 1. The zero-order valence-corrected chi connectivity index (χ0v) is 12.6. The van der Waals surface area contributed by atoms with Crippen LogP contribution in [0.1, 0.15) is 11.1 Å². The summed E-state index contributed by atoms with van der Waals surface area (Å²) in [5.41, 5.74) is 6.29. The van der Waals surface area contributed by atoms with E-state index in [9.17, 15) is 20.0 Å². The van der Waals surface area contributed by atoms with Crippen LogP contribution in [0.3, 0.4) is 0 Å². The fourth-order valence-electron chi connectivity index (χ4n) is 2.12. The molecular formula is C16H16N2O6. The number of rotatable bonds is 7. The number of nitro benzene ring substituents is 1. The smallest absolute Gasteiger partial charge is 0.320 e. The second kappa shape index (κ2) is 7.42. The number of nitro groups is 1. The first-order valence-corrected chi connectivity index (χ1v) is 7.04. The molecule has 0 bridgehead atoms. The van der Waals surface area contributed by atoms with Crippen molar-refractivity contribution in [2.75, 3.05) is 0 Å². The number of para-hydroxylation sites is 1. The number of aliphatic carboxylic acids is 1. The van der Waals surface area contributed by atoms with E-state index in [-0.39, 0.29) is 30.2 Å².